The maximum absolute atomic E-state index is 9.37. The summed E-state index contributed by atoms with van der Waals surface area (Å²) in [5.74, 6) is 0.321. The second-order valence-electron chi connectivity index (χ2n) is 11.0. The van der Waals surface area contributed by atoms with E-state index in [0.717, 1.165) is 22.5 Å². The molecule has 0 unspecified atom stereocenters. The van der Waals surface area contributed by atoms with Gasteiger partial charge in [-0.25, -0.2) is 15.0 Å². The Morgan fingerprint density at radius 1 is 0.388 bits per heavy atom. The summed E-state index contributed by atoms with van der Waals surface area (Å²) in [7, 11) is 0. The van der Waals surface area contributed by atoms with E-state index in [1.165, 1.54) is 6.07 Å². The molecule has 2 aromatic heterocycles. The fourth-order valence-electron chi connectivity index (χ4n) is 5.61. The molecular formula is C45H29N3S. The molecule has 0 atom stereocenters. The molecule has 0 aliphatic carbocycles. The lowest BCUT2D eigenvalue weighted by Crippen LogP contribution is -2.00. The van der Waals surface area contributed by atoms with Gasteiger partial charge in [0.1, 0.15) is 0 Å². The molecule has 230 valence electrons. The lowest BCUT2D eigenvalue weighted by molar-refractivity contribution is 1.07. The fraction of sp³-hybridized carbons (Fsp3) is 0. The molecule has 0 N–H and O–H groups in total. The van der Waals surface area contributed by atoms with Crippen molar-refractivity contribution in [2.45, 2.75) is 0 Å². The van der Waals surface area contributed by atoms with Crippen molar-refractivity contribution in [3.05, 3.63) is 176 Å². The summed E-state index contributed by atoms with van der Waals surface area (Å²) >= 11 is 0.846. The number of aromatic nitrogens is 3. The number of nitrogens with zero attached hydrogens (tertiary/aromatic N) is 3. The van der Waals surface area contributed by atoms with Gasteiger partial charge in [-0.15, -0.1) is 11.3 Å². The highest BCUT2D eigenvalue weighted by Crippen LogP contribution is 2.44. The summed E-state index contributed by atoms with van der Waals surface area (Å²) in [6.07, 6.45) is 0. The molecule has 0 aliphatic heterocycles. The summed E-state index contributed by atoms with van der Waals surface area (Å²) in [5, 5.41) is -0.148. The van der Waals surface area contributed by atoms with Gasteiger partial charge in [0, 0.05) is 36.9 Å². The minimum absolute atomic E-state index is 0.00277. The number of rotatable bonds is 6. The summed E-state index contributed by atoms with van der Waals surface area (Å²) in [6, 6.07) is 19.5. The van der Waals surface area contributed by atoms with Crippen LogP contribution in [0, 0.1) is 0 Å². The molecule has 0 saturated carbocycles. The summed E-state index contributed by atoms with van der Waals surface area (Å²) in [4.78, 5) is 14.1. The van der Waals surface area contributed by atoms with Gasteiger partial charge in [-0.05, 0) is 39.4 Å². The number of thiophene rings is 1. The lowest BCUT2D eigenvalue weighted by atomic mass is 9.97. The molecule has 0 aliphatic rings. The molecule has 3 nitrogen and oxygen atoms in total. The van der Waals surface area contributed by atoms with Crippen molar-refractivity contribution in [3.63, 3.8) is 0 Å². The van der Waals surface area contributed by atoms with Crippen molar-refractivity contribution in [1.29, 1.82) is 0 Å². The van der Waals surface area contributed by atoms with Gasteiger partial charge in [0.15, 0.2) is 17.5 Å². The summed E-state index contributed by atoms with van der Waals surface area (Å²) < 4.78 is 124. The van der Waals surface area contributed by atoms with Crippen LogP contribution in [0.4, 0.5) is 0 Å². The number of hydrogen-bond acceptors (Lipinski definition) is 4. The molecule has 0 radical (unpaired) electrons. The third-order valence-electron chi connectivity index (χ3n) is 7.97. The average molecular weight is 658 g/mol. The molecule has 0 saturated heterocycles. The molecule has 0 bridgehead atoms. The Hall–Kier alpha value is -6.23. The van der Waals surface area contributed by atoms with Crippen LogP contribution in [0.2, 0.25) is 0 Å². The summed E-state index contributed by atoms with van der Waals surface area (Å²) in [5.41, 5.74) is 1.98. The molecule has 9 aromatic rings. The highest BCUT2D eigenvalue weighted by atomic mass is 32.1. The van der Waals surface area contributed by atoms with Crippen molar-refractivity contribution < 1.29 is 19.2 Å². The molecule has 4 heteroatoms. The third-order valence-corrected chi connectivity index (χ3v) is 9.10. The SMILES string of the molecule is [2H]c1cc(-c2c([2H])c([2H])c(-c3nc(-c4ccccc4)nc(-c4ccc(-c5ccccc5)cc4)n3)c([2H])c2[2H])c2sc3c([2H])c([2H])c([2H])c(-c4c([2H])c([2H])c([2H])c([2H])c4[2H])c3c2c1[2H]. The van der Waals surface area contributed by atoms with Crippen LogP contribution in [0.3, 0.4) is 0 Å². The molecule has 7 aromatic carbocycles. The minimum Gasteiger partial charge on any atom is -0.208 e. The molecule has 2 heterocycles. The first-order valence-electron chi connectivity index (χ1n) is 22.2. The van der Waals surface area contributed by atoms with Crippen LogP contribution in [-0.2, 0) is 0 Å². The van der Waals surface area contributed by atoms with Gasteiger partial charge < -0.3 is 0 Å². The topological polar surface area (TPSA) is 38.7 Å². The lowest BCUT2D eigenvalue weighted by Gasteiger charge is -2.10. The second-order valence-corrected chi connectivity index (χ2v) is 12.0. The highest BCUT2D eigenvalue weighted by Gasteiger charge is 2.16. The van der Waals surface area contributed by atoms with E-state index in [-0.39, 0.29) is 59.9 Å². The standard InChI is InChI=1S/C45H29N3S/c1-4-12-30(13-5-1)31-22-26-35(27-23-31)44-46-43(34-16-8-3-9-17-34)47-45(48-44)36-28-24-33(25-29-36)38-19-10-20-39-41-37(32-14-6-2-7-15-32)18-11-21-40(41)49-42(38)39/h1-29H/i2D,6D,7D,10D,11D,14D,15D,18D,20D,21D,24D,25D,28D,29D. The van der Waals surface area contributed by atoms with Crippen molar-refractivity contribution in [2.24, 2.45) is 0 Å². The van der Waals surface area contributed by atoms with Gasteiger partial charge >= 0.3 is 0 Å². The van der Waals surface area contributed by atoms with Crippen LogP contribution in [-0.4, -0.2) is 15.0 Å². The van der Waals surface area contributed by atoms with Gasteiger partial charge in [0.05, 0.1) is 19.2 Å². The normalized spacial score (nSPS) is 15.3. The first-order valence-corrected chi connectivity index (χ1v) is 16.0. The van der Waals surface area contributed by atoms with E-state index in [1.807, 2.05) is 72.8 Å². The number of fused-ring (bicyclic) bond motifs is 3. The zero-order chi connectivity index (χ0) is 44.8. The Kier molecular flexibility index (Phi) is 4.51. The molecule has 0 spiro atoms. The summed E-state index contributed by atoms with van der Waals surface area (Å²) in [6.45, 7) is 0. The van der Waals surface area contributed by atoms with Crippen LogP contribution < -0.4 is 0 Å². The first kappa shape index (κ1) is 17.8. The van der Waals surface area contributed by atoms with E-state index >= 15 is 0 Å². The fourth-order valence-corrected chi connectivity index (χ4v) is 6.75. The number of benzene rings is 7. The third kappa shape index (κ3) is 5.48. The molecular weight excluding hydrogens is 615 g/mol. The van der Waals surface area contributed by atoms with Gasteiger partial charge in [-0.2, -0.15) is 0 Å². The minimum atomic E-state index is -0.696. The monoisotopic (exact) mass is 657 g/mol. The van der Waals surface area contributed by atoms with Crippen LogP contribution in [0.25, 0.3) is 87.7 Å². The van der Waals surface area contributed by atoms with Crippen molar-refractivity contribution in [3.8, 4) is 67.5 Å². The van der Waals surface area contributed by atoms with Gasteiger partial charge in [-0.1, -0.05) is 170 Å². The van der Waals surface area contributed by atoms with Crippen LogP contribution >= 0.6 is 11.3 Å². The Morgan fingerprint density at radius 3 is 1.63 bits per heavy atom. The van der Waals surface area contributed by atoms with Crippen molar-refractivity contribution >= 4 is 31.5 Å². The quantitative estimate of drug-likeness (QED) is 0.179. The van der Waals surface area contributed by atoms with Gasteiger partial charge in [-0.3, -0.25) is 0 Å². The zero-order valence-electron chi connectivity index (χ0n) is 39.4. The first-order chi connectivity index (χ1) is 30.1. The number of hydrogen-bond donors (Lipinski definition) is 0. The zero-order valence-corrected chi connectivity index (χ0v) is 26.2. The Labute approximate surface area is 308 Å². The van der Waals surface area contributed by atoms with E-state index in [1.54, 1.807) is 12.1 Å². The van der Waals surface area contributed by atoms with Gasteiger partial charge in [0.2, 0.25) is 0 Å². The smallest absolute Gasteiger partial charge is 0.164 e. The van der Waals surface area contributed by atoms with Crippen molar-refractivity contribution in [1.82, 2.24) is 15.0 Å². The Balaban J connectivity index is 1.29. The van der Waals surface area contributed by atoms with Crippen LogP contribution in [0.5, 0.6) is 0 Å². The van der Waals surface area contributed by atoms with E-state index in [4.69, 9.17) is 23.7 Å². The maximum atomic E-state index is 9.37. The highest BCUT2D eigenvalue weighted by molar-refractivity contribution is 7.26. The predicted octanol–water partition coefficient (Wildman–Crippen LogP) is 12.2. The van der Waals surface area contributed by atoms with E-state index in [9.17, 15) is 5.48 Å². The van der Waals surface area contributed by atoms with E-state index in [2.05, 4.69) is 4.98 Å². The Morgan fingerprint density at radius 2 is 0.939 bits per heavy atom. The van der Waals surface area contributed by atoms with E-state index in [0.29, 0.717) is 11.1 Å². The average Bonchev–Trinajstić information content (AvgIpc) is 3.70. The second kappa shape index (κ2) is 12.4. The largest absolute Gasteiger partial charge is 0.208 e. The predicted molar refractivity (Wildman–Crippen MR) is 205 cm³/mol. The van der Waals surface area contributed by atoms with Crippen molar-refractivity contribution in [2.75, 3.05) is 0 Å². The van der Waals surface area contributed by atoms with Crippen LogP contribution in [0.15, 0.2) is 176 Å². The molecule has 9 rings (SSSR count). The molecule has 49 heavy (non-hydrogen) atoms. The van der Waals surface area contributed by atoms with Crippen LogP contribution in [0.1, 0.15) is 19.2 Å². The van der Waals surface area contributed by atoms with E-state index < -0.39 is 90.2 Å². The molecule has 0 fully saturated rings. The van der Waals surface area contributed by atoms with Gasteiger partial charge in [0.25, 0.3) is 0 Å². The maximum Gasteiger partial charge on any atom is 0.164 e. The Bertz CT molecular complexity index is 3320. The molecule has 0 amide bonds.